The van der Waals surface area contributed by atoms with Gasteiger partial charge in [-0.15, -0.1) is 0 Å². The molecule has 0 aliphatic heterocycles. The molecule has 0 amide bonds. The highest BCUT2D eigenvalue weighted by Crippen LogP contribution is 2.26. The van der Waals surface area contributed by atoms with Crippen LogP contribution < -0.4 is 5.73 Å². The highest BCUT2D eigenvalue weighted by atomic mass is 35.5. The fourth-order valence-electron chi connectivity index (χ4n) is 1.89. The lowest BCUT2D eigenvalue weighted by atomic mass is 10.2. The molecule has 0 saturated carbocycles. The molecule has 0 aliphatic rings. The van der Waals surface area contributed by atoms with E-state index >= 15 is 0 Å². The van der Waals surface area contributed by atoms with E-state index in [0.29, 0.717) is 0 Å². The van der Waals surface area contributed by atoms with Gasteiger partial charge in [0.15, 0.2) is 9.84 Å². The quantitative estimate of drug-likeness (QED) is 0.884. The summed E-state index contributed by atoms with van der Waals surface area (Å²) in [5, 5.41) is -0.102. The van der Waals surface area contributed by atoms with Crippen LogP contribution in [-0.4, -0.2) is 8.42 Å². The summed E-state index contributed by atoms with van der Waals surface area (Å²) >= 11 is 5.65. The third kappa shape index (κ3) is 2.94. The number of sulfone groups is 1. The molecule has 0 aromatic heterocycles. The molecule has 2 N–H and O–H groups in total. The predicted octanol–water partition coefficient (Wildman–Crippen LogP) is 3.34. The van der Waals surface area contributed by atoms with Crippen molar-refractivity contribution in [1.82, 2.24) is 0 Å². The molecule has 2 aromatic rings. The minimum Gasteiger partial charge on any atom is -0.398 e. The molecule has 0 fully saturated rings. The highest BCUT2D eigenvalue weighted by Gasteiger charge is 2.21. The van der Waals surface area contributed by atoms with Crippen LogP contribution in [0.1, 0.15) is 11.1 Å². The third-order valence-corrected chi connectivity index (χ3v) is 4.90. The summed E-state index contributed by atoms with van der Waals surface area (Å²) in [5.41, 5.74) is 6.77. The number of hydrogen-bond acceptors (Lipinski definition) is 3. The fraction of sp³-hybridized carbons (Fsp3) is 0.143. The van der Waals surface area contributed by atoms with Gasteiger partial charge in [0.05, 0.1) is 21.4 Å². The van der Waals surface area contributed by atoms with Crippen molar-refractivity contribution in [3.8, 4) is 0 Å². The zero-order valence-corrected chi connectivity index (χ0v) is 12.3. The van der Waals surface area contributed by atoms with Crippen molar-refractivity contribution in [2.75, 3.05) is 5.73 Å². The van der Waals surface area contributed by atoms with Crippen LogP contribution in [0.25, 0.3) is 0 Å². The molecule has 2 aromatic carbocycles. The molecule has 6 heteroatoms. The standard InChI is InChI=1S/C14H13ClFNO2S/c1-9-5-6-13(12(17)7-9)20(18,19)8-10-3-2-4-11(15)14(10)16/h2-7H,8,17H2,1H3. The van der Waals surface area contributed by atoms with Gasteiger partial charge in [0.2, 0.25) is 0 Å². The Kier molecular flexibility index (Phi) is 4.01. The van der Waals surface area contributed by atoms with E-state index in [1.807, 2.05) is 6.92 Å². The van der Waals surface area contributed by atoms with Gasteiger partial charge in [0, 0.05) is 5.56 Å². The topological polar surface area (TPSA) is 60.2 Å². The van der Waals surface area contributed by atoms with E-state index in [0.717, 1.165) is 5.56 Å². The smallest absolute Gasteiger partial charge is 0.184 e. The van der Waals surface area contributed by atoms with Crippen LogP contribution in [0, 0.1) is 12.7 Å². The Bertz CT molecular complexity index is 760. The second-order valence-corrected chi connectivity index (χ2v) is 6.88. The Morgan fingerprint density at radius 3 is 2.60 bits per heavy atom. The third-order valence-electron chi connectivity index (χ3n) is 2.88. The number of anilines is 1. The van der Waals surface area contributed by atoms with Gasteiger partial charge in [0.25, 0.3) is 0 Å². The SMILES string of the molecule is Cc1ccc(S(=O)(=O)Cc2cccc(Cl)c2F)c(N)c1. The molecule has 3 nitrogen and oxygen atoms in total. The normalized spacial score (nSPS) is 11.6. The highest BCUT2D eigenvalue weighted by molar-refractivity contribution is 7.90. The average Bonchev–Trinajstić information content (AvgIpc) is 2.34. The van der Waals surface area contributed by atoms with Gasteiger partial charge < -0.3 is 5.73 Å². The molecule has 0 spiro atoms. The Balaban J connectivity index is 2.44. The van der Waals surface area contributed by atoms with Crippen LogP contribution in [0.2, 0.25) is 5.02 Å². The number of nitrogens with two attached hydrogens (primary N) is 1. The Labute approximate surface area is 122 Å². The van der Waals surface area contributed by atoms with Gasteiger partial charge in [-0.05, 0) is 30.7 Å². The summed E-state index contributed by atoms with van der Waals surface area (Å²) in [4.78, 5) is 0.00229. The Morgan fingerprint density at radius 2 is 1.95 bits per heavy atom. The molecule has 0 bridgehead atoms. The molecule has 0 heterocycles. The number of halogens is 2. The van der Waals surface area contributed by atoms with Crippen molar-refractivity contribution < 1.29 is 12.8 Å². The van der Waals surface area contributed by atoms with E-state index in [1.54, 1.807) is 12.1 Å². The summed E-state index contributed by atoms with van der Waals surface area (Å²) in [7, 11) is -3.72. The van der Waals surface area contributed by atoms with Gasteiger partial charge >= 0.3 is 0 Å². The van der Waals surface area contributed by atoms with Crippen molar-refractivity contribution in [3.63, 3.8) is 0 Å². The van der Waals surface area contributed by atoms with Gasteiger partial charge in [-0.2, -0.15) is 0 Å². The molecule has 0 radical (unpaired) electrons. The van der Waals surface area contributed by atoms with E-state index in [4.69, 9.17) is 17.3 Å². The van der Waals surface area contributed by atoms with Gasteiger partial charge in [-0.1, -0.05) is 29.8 Å². The second kappa shape index (κ2) is 5.42. The van der Waals surface area contributed by atoms with Crippen molar-refractivity contribution in [1.29, 1.82) is 0 Å². The van der Waals surface area contributed by atoms with Crippen LogP contribution in [0.5, 0.6) is 0 Å². The molecular weight excluding hydrogens is 301 g/mol. The minimum absolute atomic E-state index is 0.00229. The van der Waals surface area contributed by atoms with Gasteiger partial charge in [-0.25, -0.2) is 12.8 Å². The predicted molar refractivity (Wildman–Crippen MR) is 77.9 cm³/mol. The van der Waals surface area contributed by atoms with Crippen molar-refractivity contribution in [2.24, 2.45) is 0 Å². The lowest BCUT2D eigenvalue weighted by Crippen LogP contribution is -2.09. The number of hydrogen-bond donors (Lipinski definition) is 1. The second-order valence-electron chi connectivity index (χ2n) is 4.51. The zero-order chi connectivity index (χ0) is 14.9. The maximum absolute atomic E-state index is 13.8. The molecule has 20 heavy (non-hydrogen) atoms. The number of nitrogen functional groups attached to an aromatic ring is 1. The van der Waals surface area contributed by atoms with E-state index in [9.17, 15) is 12.8 Å². The summed E-state index contributed by atoms with van der Waals surface area (Å²) in [5.74, 6) is -1.20. The molecule has 2 rings (SSSR count). The average molecular weight is 314 g/mol. The van der Waals surface area contributed by atoms with Crippen LogP contribution in [0.3, 0.4) is 0 Å². The molecular formula is C14H13ClFNO2S. The maximum Gasteiger partial charge on any atom is 0.184 e. The van der Waals surface area contributed by atoms with Crippen LogP contribution in [0.15, 0.2) is 41.3 Å². The first-order valence-electron chi connectivity index (χ1n) is 5.83. The molecule has 0 unspecified atom stereocenters. The molecule has 0 aliphatic carbocycles. The minimum atomic E-state index is -3.72. The Hall–Kier alpha value is -1.59. The number of aryl methyl sites for hydroxylation is 1. The zero-order valence-electron chi connectivity index (χ0n) is 10.7. The van der Waals surface area contributed by atoms with Crippen LogP contribution >= 0.6 is 11.6 Å². The molecule has 106 valence electrons. The van der Waals surface area contributed by atoms with Gasteiger partial charge in [0.1, 0.15) is 5.82 Å². The van der Waals surface area contributed by atoms with E-state index in [1.165, 1.54) is 24.3 Å². The first-order valence-corrected chi connectivity index (χ1v) is 7.86. The first-order chi connectivity index (χ1) is 9.31. The summed E-state index contributed by atoms with van der Waals surface area (Å²) < 4.78 is 38.4. The molecule has 0 saturated heterocycles. The van der Waals surface area contributed by atoms with E-state index in [-0.39, 0.29) is 21.2 Å². The number of benzene rings is 2. The van der Waals surface area contributed by atoms with Crippen molar-refractivity contribution in [2.45, 2.75) is 17.6 Å². The first kappa shape index (κ1) is 14.8. The lowest BCUT2D eigenvalue weighted by Gasteiger charge is -2.09. The van der Waals surface area contributed by atoms with Gasteiger partial charge in [-0.3, -0.25) is 0 Å². The number of rotatable bonds is 3. The van der Waals surface area contributed by atoms with Crippen molar-refractivity contribution in [3.05, 3.63) is 58.4 Å². The fourth-order valence-corrected chi connectivity index (χ4v) is 3.57. The van der Waals surface area contributed by atoms with Crippen LogP contribution in [0.4, 0.5) is 10.1 Å². The summed E-state index contributed by atoms with van der Waals surface area (Å²) in [6.07, 6.45) is 0. The molecule has 0 atom stereocenters. The van der Waals surface area contributed by atoms with E-state index in [2.05, 4.69) is 0 Å². The largest absolute Gasteiger partial charge is 0.398 e. The monoisotopic (exact) mass is 313 g/mol. The van der Waals surface area contributed by atoms with Crippen LogP contribution in [-0.2, 0) is 15.6 Å². The lowest BCUT2D eigenvalue weighted by molar-refractivity contribution is 0.587. The maximum atomic E-state index is 13.8. The summed E-state index contributed by atoms with van der Waals surface area (Å²) in [6, 6.07) is 8.92. The van der Waals surface area contributed by atoms with Crippen molar-refractivity contribution >= 4 is 27.1 Å². The summed E-state index contributed by atoms with van der Waals surface area (Å²) in [6.45, 7) is 1.81. The Morgan fingerprint density at radius 1 is 1.25 bits per heavy atom. The van der Waals surface area contributed by atoms with E-state index < -0.39 is 21.4 Å².